The van der Waals surface area contributed by atoms with E-state index in [9.17, 15) is 5.11 Å². The number of benzene rings is 2. The first-order valence-electron chi connectivity index (χ1n) is 12.2. The fourth-order valence-corrected chi connectivity index (χ4v) is 8.91. The number of hydrogen-bond donors (Lipinski definition) is 1. The first-order valence-corrected chi connectivity index (χ1v) is 14.1. The molecule has 2 rings (SSSR count). The summed E-state index contributed by atoms with van der Waals surface area (Å²) in [6.45, 7) is 13.5. The molecule has 0 aliphatic heterocycles. The van der Waals surface area contributed by atoms with E-state index in [0.29, 0.717) is 6.42 Å². The normalized spacial score (nSPS) is 13.9. The molecule has 0 saturated carbocycles. The molecule has 0 saturated heterocycles. The van der Waals surface area contributed by atoms with Gasteiger partial charge in [0.05, 0.1) is 6.10 Å². The number of unbranched alkanes of at least 4 members (excludes halogenated alkanes) is 1. The minimum Gasteiger partial charge on any atom is -0.407 e. The Balaban J connectivity index is 2.01. The Labute approximate surface area is 202 Å². The van der Waals surface area contributed by atoms with Crippen LogP contribution in [-0.2, 0) is 4.43 Å². The van der Waals surface area contributed by atoms with E-state index < -0.39 is 8.32 Å². The fourth-order valence-electron chi connectivity index (χ4n) is 4.30. The Morgan fingerprint density at radius 1 is 1.03 bits per heavy atom. The van der Waals surface area contributed by atoms with Gasteiger partial charge in [-0.25, -0.2) is 0 Å². The van der Waals surface area contributed by atoms with Crippen molar-refractivity contribution >= 4 is 18.7 Å². The third kappa shape index (κ3) is 7.96. The Morgan fingerprint density at radius 2 is 1.61 bits per heavy atom. The van der Waals surface area contributed by atoms with Crippen LogP contribution >= 0.6 is 0 Å². The molecule has 3 heteroatoms. The second-order valence-electron chi connectivity index (χ2n) is 9.81. The highest BCUT2D eigenvalue weighted by atomic mass is 28.4. The summed E-state index contributed by atoms with van der Waals surface area (Å²) in [6.07, 6.45) is 12.3. The summed E-state index contributed by atoms with van der Waals surface area (Å²) >= 11 is 0. The minimum atomic E-state index is -2.43. The van der Waals surface area contributed by atoms with Crippen molar-refractivity contribution in [1.29, 1.82) is 0 Å². The largest absolute Gasteiger partial charge is 0.407 e. The molecular formula is C30H42O2Si. The van der Waals surface area contributed by atoms with Crippen LogP contribution < -0.4 is 10.4 Å². The summed E-state index contributed by atoms with van der Waals surface area (Å²) in [7, 11) is -2.43. The molecule has 0 heterocycles. The molecule has 0 aromatic heterocycles. The molecule has 178 valence electrons. The molecule has 0 aliphatic rings. The van der Waals surface area contributed by atoms with Gasteiger partial charge < -0.3 is 9.53 Å². The lowest BCUT2D eigenvalue weighted by Gasteiger charge is -2.43. The number of aliphatic hydroxyl groups is 1. The summed E-state index contributed by atoms with van der Waals surface area (Å²) in [5.74, 6) is 0. The van der Waals surface area contributed by atoms with Crippen LogP contribution in [-0.4, -0.2) is 26.1 Å². The monoisotopic (exact) mass is 462 g/mol. The molecule has 1 atom stereocenters. The van der Waals surface area contributed by atoms with Gasteiger partial charge in [0.15, 0.2) is 0 Å². The summed E-state index contributed by atoms with van der Waals surface area (Å²) in [6, 6.07) is 21.6. The molecule has 0 bridgehead atoms. The minimum absolute atomic E-state index is 0.0154. The van der Waals surface area contributed by atoms with E-state index in [4.69, 9.17) is 4.43 Å². The zero-order valence-electron chi connectivity index (χ0n) is 21.0. The van der Waals surface area contributed by atoms with Crippen LogP contribution in [0.4, 0.5) is 0 Å². The van der Waals surface area contributed by atoms with Gasteiger partial charge in [0.25, 0.3) is 8.32 Å². The van der Waals surface area contributed by atoms with Gasteiger partial charge >= 0.3 is 0 Å². The average Bonchev–Trinajstić information content (AvgIpc) is 2.80. The maximum atomic E-state index is 9.83. The number of hydrogen-bond acceptors (Lipinski definition) is 2. The van der Waals surface area contributed by atoms with Crippen molar-refractivity contribution < 1.29 is 9.53 Å². The molecule has 2 nitrogen and oxygen atoms in total. The zero-order chi connectivity index (χ0) is 24.2. The first-order chi connectivity index (χ1) is 15.8. The van der Waals surface area contributed by atoms with Crippen LogP contribution in [0.15, 0.2) is 97.1 Å². The highest BCUT2D eigenvalue weighted by molar-refractivity contribution is 6.99. The van der Waals surface area contributed by atoms with E-state index in [0.717, 1.165) is 32.3 Å². The van der Waals surface area contributed by atoms with Crippen molar-refractivity contribution in [2.24, 2.45) is 0 Å². The third-order valence-corrected chi connectivity index (χ3v) is 11.1. The summed E-state index contributed by atoms with van der Waals surface area (Å²) in [4.78, 5) is 0. The van der Waals surface area contributed by atoms with Crippen LogP contribution in [0.5, 0.6) is 0 Å². The summed E-state index contributed by atoms with van der Waals surface area (Å²) in [5.41, 5.74) is 1.29. The first kappa shape index (κ1) is 27.0. The van der Waals surface area contributed by atoms with Gasteiger partial charge in [-0.05, 0) is 54.4 Å². The molecule has 0 radical (unpaired) electrons. The molecule has 2 aromatic carbocycles. The van der Waals surface area contributed by atoms with Crippen LogP contribution in [0.25, 0.3) is 0 Å². The SMILES string of the molecule is C=CCC(O)CC/C(C)=C/C=C/CCCO[Si](c1ccccc1)(c1ccccc1)C(C)(C)C. The average molecular weight is 463 g/mol. The Morgan fingerprint density at radius 3 is 2.12 bits per heavy atom. The molecule has 0 fully saturated rings. The van der Waals surface area contributed by atoms with Crippen molar-refractivity contribution in [2.75, 3.05) is 6.61 Å². The van der Waals surface area contributed by atoms with Crippen LogP contribution in [0.2, 0.25) is 5.04 Å². The molecule has 0 amide bonds. The van der Waals surface area contributed by atoms with Gasteiger partial charge in [0.1, 0.15) is 0 Å². The van der Waals surface area contributed by atoms with Gasteiger partial charge in [0, 0.05) is 6.61 Å². The van der Waals surface area contributed by atoms with E-state index in [-0.39, 0.29) is 11.1 Å². The lowest BCUT2D eigenvalue weighted by Crippen LogP contribution is -2.66. The van der Waals surface area contributed by atoms with E-state index in [1.165, 1.54) is 15.9 Å². The predicted molar refractivity (Wildman–Crippen MR) is 146 cm³/mol. The second-order valence-corrected chi connectivity index (χ2v) is 14.1. The topological polar surface area (TPSA) is 29.5 Å². The van der Waals surface area contributed by atoms with Crippen molar-refractivity contribution in [2.45, 2.75) is 70.9 Å². The number of allylic oxidation sites excluding steroid dienone is 4. The summed E-state index contributed by atoms with van der Waals surface area (Å²) in [5, 5.41) is 12.5. The molecular weight excluding hydrogens is 420 g/mol. The molecule has 0 spiro atoms. The maximum absolute atomic E-state index is 9.83. The van der Waals surface area contributed by atoms with Crippen molar-refractivity contribution in [3.05, 3.63) is 97.1 Å². The standard InChI is InChI=1S/C30H42O2Si/c1-6-17-27(31)24-23-26(2)18-11-7-8-16-25-32-33(30(3,4)5,28-19-12-9-13-20-28)29-21-14-10-15-22-29/h6-7,9-15,18-22,27,31H,1,8,16-17,23-25H2,2-5H3/b11-7+,26-18+. The Bertz CT molecular complexity index is 839. The molecule has 1 unspecified atom stereocenters. The van der Waals surface area contributed by atoms with Crippen molar-refractivity contribution in [3.8, 4) is 0 Å². The zero-order valence-corrected chi connectivity index (χ0v) is 22.0. The predicted octanol–water partition coefficient (Wildman–Crippen LogP) is 6.56. The molecule has 2 aromatic rings. The molecule has 1 N–H and O–H groups in total. The van der Waals surface area contributed by atoms with Gasteiger partial charge in [-0.3, -0.25) is 0 Å². The van der Waals surface area contributed by atoms with E-state index in [1.807, 2.05) is 0 Å². The Hall–Kier alpha value is -2.20. The number of rotatable bonds is 13. The van der Waals surface area contributed by atoms with Crippen LogP contribution in [0.1, 0.15) is 59.8 Å². The van der Waals surface area contributed by atoms with E-state index in [1.54, 1.807) is 6.08 Å². The Kier molecular flexibility index (Phi) is 11.1. The van der Waals surface area contributed by atoms with Crippen molar-refractivity contribution in [3.63, 3.8) is 0 Å². The van der Waals surface area contributed by atoms with E-state index >= 15 is 0 Å². The number of aliphatic hydroxyl groups excluding tert-OH is 1. The lowest BCUT2D eigenvalue weighted by molar-refractivity contribution is 0.168. The highest BCUT2D eigenvalue weighted by Gasteiger charge is 2.49. The smallest absolute Gasteiger partial charge is 0.261 e. The van der Waals surface area contributed by atoms with Gasteiger partial charge in [0.2, 0.25) is 0 Å². The van der Waals surface area contributed by atoms with Crippen LogP contribution in [0, 0.1) is 0 Å². The van der Waals surface area contributed by atoms with Gasteiger partial charge in [-0.2, -0.15) is 0 Å². The van der Waals surface area contributed by atoms with Gasteiger partial charge in [-0.1, -0.05) is 111 Å². The van der Waals surface area contributed by atoms with Crippen molar-refractivity contribution in [1.82, 2.24) is 0 Å². The molecule has 0 aliphatic carbocycles. The molecule has 33 heavy (non-hydrogen) atoms. The quantitative estimate of drug-likeness (QED) is 0.158. The second kappa shape index (κ2) is 13.5. The fraction of sp³-hybridized carbons (Fsp3) is 0.400. The lowest BCUT2D eigenvalue weighted by atomic mass is 10.1. The maximum Gasteiger partial charge on any atom is 0.261 e. The van der Waals surface area contributed by atoms with Crippen LogP contribution in [0.3, 0.4) is 0 Å². The third-order valence-electron chi connectivity index (χ3n) is 6.08. The van der Waals surface area contributed by atoms with E-state index in [2.05, 4.69) is 113 Å². The highest BCUT2D eigenvalue weighted by Crippen LogP contribution is 2.36. The summed E-state index contributed by atoms with van der Waals surface area (Å²) < 4.78 is 6.94. The van der Waals surface area contributed by atoms with Gasteiger partial charge in [-0.15, -0.1) is 6.58 Å².